The summed E-state index contributed by atoms with van der Waals surface area (Å²) in [7, 11) is 0. The molecule has 1 heterocycles. The molecule has 222 valence electrons. The summed E-state index contributed by atoms with van der Waals surface area (Å²) in [4.78, 5) is 9.83. The lowest BCUT2D eigenvalue weighted by Crippen LogP contribution is -2.16. The molecule has 1 aromatic heterocycles. The zero-order valence-electron chi connectivity index (χ0n) is 25.5. The van der Waals surface area contributed by atoms with E-state index in [0.29, 0.717) is 18.2 Å². The lowest BCUT2D eigenvalue weighted by atomic mass is 9.91. The Morgan fingerprint density at radius 2 is 1.15 bits per heavy atom. The third-order valence-corrected chi connectivity index (χ3v) is 9.10. The molecule has 4 nitrogen and oxygen atoms in total. The van der Waals surface area contributed by atoms with Crippen molar-refractivity contribution >= 4 is 65.9 Å². The van der Waals surface area contributed by atoms with Crippen LogP contribution in [0.5, 0.6) is 0 Å². The molecule has 0 amide bonds. The standard InChI is InChI=1S/C43H29N3O/c44-42(29-9-3-1-4-10-29)46-43(30-11-5-2-6-12-30)45-26-34-15-8-16-38-41(34)36-25-31(21-22-37(36)47-38)35-23-32-19-17-27-13-7-14-28-18-20-33(24-35)40(32)39(27)28/h1-25H,26H2,(H2,44,45,46). The van der Waals surface area contributed by atoms with E-state index in [9.17, 15) is 0 Å². The summed E-state index contributed by atoms with van der Waals surface area (Å²) >= 11 is 0. The number of amidine groups is 2. The number of rotatable bonds is 5. The number of benzene rings is 8. The second-order valence-corrected chi connectivity index (χ2v) is 12.0. The van der Waals surface area contributed by atoms with Gasteiger partial charge in [-0.1, -0.05) is 121 Å². The summed E-state index contributed by atoms with van der Waals surface area (Å²) < 4.78 is 6.36. The van der Waals surface area contributed by atoms with E-state index in [0.717, 1.165) is 44.2 Å². The number of fused-ring (bicyclic) bond motifs is 3. The average molecular weight is 604 g/mol. The van der Waals surface area contributed by atoms with E-state index in [-0.39, 0.29) is 0 Å². The highest BCUT2D eigenvalue weighted by Crippen LogP contribution is 2.39. The van der Waals surface area contributed by atoms with Crippen molar-refractivity contribution in [2.75, 3.05) is 0 Å². The van der Waals surface area contributed by atoms with Crippen LogP contribution in [0.2, 0.25) is 0 Å². The maximum absolute atomic E-state index is 6.46. The van der Waals surface area contributed by atoms with Gasteiger partial charge in [0.2, 0.25) is 0 Å². The molecule has 4 heteroatoms. The van der Waals surface area contributed by atoms with Gasteiger partial charge in [-0.3, -0.25) is 4.99 Å². The van der Waals surface area contributed by atoms with Gasteiger partial charge in [-0.05, 0) is 79.3 Å². The Balaban J connectivity index is 1.16. The molecule has 0 unspecified atom stereocenters. The molecule has 2 N–H and O–H groups in total. The van der Waals surface area contributed by atoms with Crippen LogP contribution in [0.25, 0.3) is 65.4 Å². The third-order valence-electron chi connectivity index (χ3n) is 9.10. The smallest absolute Gasteiger partial charge is 0.157 e. The van der Waals surface area contributed by atoms with Crippen LogP contribution in [-0.2, 0) is 6.54 Å². The van der Waals surface area contributed by atoms with Gasteiger partial charge in [0.15, 0.2) is 5.84 Å². The maximum atomic E-state index is 6.46. The summed E-state index contributed by atoms with van der Waals surface area (Å²) in [5.74, 6) is 1.02. The second-order valence-electron chi connectivity index (χ2n) is 12.0. The molecule has 8 aromatic carbocycles. The van der Waals surface area contributed by atoms with Crippen LogP contribution < -0.4 is 5.73 Å². The van der Waals surface area contributed by atoms with E-state index < -0.39 is 0 Å². The summed E-state index contributed by atoms with van der Waals surface area (Å²) in [5.41, 5.74) is 13.3. The van der Waals surface area contributed by atoms with Gasteiger partial charge in [0.05, 0.1) is 6.54 Å². The average Bonchev–Trinajstić information content (AvgIpc) is 3.51. The summed E-state index contributed by atoms with van der Waals surface area (Å²) in [5, 5.41) is 9.84. The molecule has 0 saturated carbocycles. The Morgan fingerprint density at radius 3 is 1.87 bits per heavy atom. The molecular formula is C43H29N3O. The first-order valence-electron chi connectivity index (χ1n) is 15.8. The summed E-state index contributed by atoms with van der Waals surface area (Å²) in [6, 6.07) is 52.5. The van der Waals surface area contributed by atoms with Crippen molar-refractivity contribution < 1.29 is 4.42 Å². The van der Waals surface area contributed by atoms with Crippen molar-refractivity contribution in [2.45, 2.75) is 6.54 Å². The maximum Gasteiger partial charge on any atom is 0.157 e. The van der Waals surface area contributed by atoms with E-state index in [1.165, 1.54) is 37.9 Å². The predicted octanol–water partition coefficient (Wildman–Crippen LogP) is 10.5. The van der Waals surface area contributed by atoms with Gasteiger partial charge < -0.3 is 10.2 Å². The number of nitrogens with two attached hydrogens (primary N) is 1. The lowest BCUT2D eigenvalue weighted by molar-refractivity contribution is 0.668. The van der Waals surface area contributed by atoms with Crippen LogP contribution in [0.3, 0.4) is 0 Å². The van der Waals surface area contributed by atoms with Crippen molar-refractivity contribution in [3.05, 3.63) is 168 Å². The van der Waals surface area contributed by atoms with Crippen molar-refractivity contribution in [3.63, 3.8) is 0 Å². The molecule has 0 saturated heterocycles. The van der Waals surface area contributed by atoms with Crippen molar-refractivity contribution in [1.29, 1.82) is 0 Å². The van der Waals surface area contributed by atoms with Crippen molar-refractivity contribution in [1.82, 2.24) is 0 Å². The van der Waals surface area contributed by atoms with Gasteiger partial charge in [-0.25, -0.2) is 4.99 Å². The monoisotopic (exact) mass is 603 g/mol. The molecule has 0 atom stereocenters. The van der Waals surface area contributed by atoms with E-state index in [2.05, 4.69) is 78.9 Å². The van der Waals surface area contributed by atoms with Gasteiger partial charge in [0.1, 0.15) is 17.0 Å². The molecule has 0 radical (unpaired) electrons. The van der Waals surface area contributed by atoms with Crippen LogP contribution in [0.1, 0.15) is 16.7 Å². The molecule has 47 heavy (non-hydrogen) atoms. The number of hydrogen-bond donors (Lipinski definition) is 1. The Labute approximate surface area is 271 Å². The number of nitrogens with zero attached hydrogens (tertiary/aromatic N) is 2. The highest BCUT2D eigenvalue weighted by Gasteiger charge is 2.15. The predicted molar refractivity (Wildman–Crippen MR) is 197 cm³/mol. The number of furan rings is 1. The zero-order valence-corrected chi connectivity index (χ0v) is 25.5. The van der Waals surface area contributed by atoms with Crippen LogP contribution in [0, 0.1) is 0 Å². The molecule has 0 spiro atoms. The topological polar surface area (TPSA) is 63.9 Å². The molecule has 0 aliphatic heterocycles. The Hall–Kier alpha value is -6.26. The Bertz CT molecular complexity index is 2590. The van der Waals surface area contributed by atoms with Gasteiger partial charge in [0.25, 0.3) is 0 Å². The third kappa shape index (κ3) is 4.70. The quantitative estimate of drug-likeness (QED) is 0.121. The fourth-order valence-corrected chi connectivity index (χ4v) is 6.86. The minimum atomic E-state index is 0.423. The Kier molecular flexibility index (Phi) is 6.32. The van der Waals surface area contributed by atoms with E-state index >= 15 is 0 Å². The van der Waals surface area contributed by atoms with Gasteiger partial charge in [-0.15, -0.1) is 0 Å². The highest BCUT2D eigenvalue weighted by atomic mass is 16.3. The van der Waals surface area contributed by atoms with Crippen LogP contribution in [0.4, 0.5) is 0 Å². The van der Waals surface area contributed by atoms with Gasteiger partial charge in [-0.2, -0.15) is 0 Å². The molecule has 9 rings (SSSR count). The van der Waals surface area contributed by atoms with E-state index in [1.807, 2.05) is 72.8 Å². The summed E-state index contributed by atoms with van der Waals surface area (Å²) in [6.07, 6.45) is 0. The van der Waals surface area contributed by atoms with Crippen LogP contribution in [0.15, 0.2) is 166 Å². The van der Waals surface area contributed by atoms with E-state index in [1.54, 1.807) is 0 Å². The normalized spacial score (nSPS) is 12.7. The molecule has 0 fully saturated rings. The molecular weight excluding hydrogens is 574 g/mol. The molecule has 0 aliphatic carbocycles. The fourth-order valence-electron chi connectivity index (χ4n) is 6.86. The second kappa shape index (κ2) is 11.0. The summed E-state index contributed by atoms with van der Waals surface area (Å²) in [6.45, 7) is 0.423. The zero-order chi connectivity index (χ0) is 31.3. The minimum Gasteiger partial charge on any atom is -0.456 e. The minimum absolute atomic E-state index is 0.423. The highest BCUT2D eigenvalue weighted by molar-refractivity contribution is 6.24. The van der Waals surface area contributed by atoms with Crippen molar-refractivity contribution in [3.8, 4) is 11.1 Å². The lowest BCUT2D eigenvalue weighted by Gasteiger charge is -2.13. The van der Waals surface area contributed by atoms with Crippen molar-refractivity contribution in [2.24, 2.45) is 15.7 Å². The first-order chi connectivity index (χ1) is 23.2. The number of aliphatic imine (C=N–C) groups is 2. The SMILES string of the molecule is N/C(=N\C(=N/Cc1cccc2oc3ccc(-c4cc5ccc6cccc7ccc(c4)c5c67)cc3c12)c1ccccc1)c1ccccc1. The molecule has 0 aliphatic rings. The first-order valence-corrected chi connectivity index (χ1v) is 15.8. The van der Waals surface area contributed by atoms with E-state index in [4.69, 9.17) is 20.1 Å². The van der Waals surface area contributed by atoms with Crippen LogP contribution >= 0.6 is 0 Å². The Morgan fingerprint density at radius 1 is 0.511 bits per heavy atom. The van der Waals surface area contributed by atoms with Gasteiger partial charge in [0, 0.05) is 21.9 Å². The van der Waals surface area contributed by atoms with Crippen LogP contribution in [-0.4, -0.2) is 11.7 Å². The number of hydrogen-bond acceptors (Lipinski definition) is 2. The largest absolute Gasteiger partial charge is 0.456 e. The molecule has 0 bridgehead atoms. The molecule has 9 aromatic rings. The fraction of sp³-hybridized carbons (Fsp3) is 0.0233. The first kappa shape index (κ1) is 27.1. The van der Waals surface area contributed by atoms with Gasteiger partial charge >= 0.3 is 0 Å².